The smallest absolute Gasteiger partial charge is 0.416 e. The molecule has 1 aromatic carbocycles. The zero-order valence-corrected chi connectivity index (χ0v) is 14.1. The minimum Gasteiger partial charge on any atom is -0.468 e. The summed E-state index contributed by atoms with van der Waals surface area (Å²) in [6.07, 6.45) is 0.929. The fourth-order valence-electron chi connectivity index (χ4n) is 3.28. The van der Waals surface area contributed by atoms with E-state index in [1.165, 1.54) is 19.2 Å². The van der Waals surface area contributed by atoms with Crippen LogP contribution < -0.4 is 5.32 Å². The quantitative estimate of drug-likeness (QED) is 0.494. The van der Waals surface area contributed by atoms with Gasteiger partial charge in [-0.05, 0) is 37.0 Å². The molecule has 25 heavy (non-hydrogen) atoms. The minimum absolute atomic E-state index is 0.0161. The van der Waals surface area contributed by atoms with Crippen LogP contribution in [-0.2, 0) is 20.5 Å². The predicted molar refractivity (Wildman–Crippen MR) is 86.8 cm³/mol. The summed E-state index contributed by atoms with van der Waals surface area (Å²) in [6, 6.07) is 4.38. The summed E-state index contributed by atoms with van der Waals surface area (Å²) in [6.45, 7) is 0. The minimum atomic E-state index is -4.50. The van der Waals surface area contributed by atoms with Crippen LogP contribution in [0.25, 0.3) is 0 Å². The van der Waals surface area contributed by atoms with Crippen LogP contribution in [0.5, 0.6) is 0 Å². The molecule has 0 aliphatic heterocycles. The van der Waals surface area contributed by atoms with Gasteiger partial charge < -0.3 is 10.1 Å². The highest BCUT2D eigenvalue weighted by atomic mass is 19.4. The summed E-state index contributed by atoms with van der Waals surface area (Å²) >= 11 is 0. The van der Waals surface area contributed by atoms with Crippen molar-refractivity contribution in [2.45, 2.75) is 44.7 Å². The first-order valence-electron chi connectivity index (χ1n) is 8.39. The number of halogens is 3. The Kier molecular flexibility index (Phi) is 6.45. The number of anilines is 1. The summed E-state index contributed by atoms with van der Waals surface area (Å²) in [5.41, 5.74) is -0.836. The van der Waals surface area contributed by atoms with E-state index in [-0.39, 0.29) is 11.6 Å². The lowest BCUT2D eigenvalue weighted by Crippen LogP contribution is -2.36. The van der Waals surface area contributed by atoms with Gasteiger partial charge in [0.25, 0.3) is 0 Å². The van der Waals surface area contributed by atoms with Gasteiger partial charge in [0, 0.05) is 5.69 Å². The molecule has 1 unspecified atom stereocenters. The van der Waals surface area contributed by atoms with Crippen molar-refractivity contribution in [3.05, 3.63) is 29.8 Å². The van der Waals surface area contributed by atoms with E-state index >= 15 is 0 Å². The average molecular weight is 357 g/mol. The van der Waals surface area contributed by atoms with Crippen molar-refractivity contribution in [3.63, 3.8) is 0 Å². The first-order valence-corrected chi connectivity index (χ1v) is 8.39. The van der Waals surface area contributed by atoms with Gasteiger partial charge in [0.05, 0.1) is 12.7 Å². The molecule has 1 aliphatic rings. The molecule has 1 fully saturated rings. The second-order valence-corrected chi connectivity index (χ2v) is 6.32. The first kappa shape index (κ1) is 19.3. The zero-order valence-electron chi connectivity index (χ0n) is 14.1. The third kappa shape index (κ3) is 5.21. The SMILES string of the molecule is COC(=O)C(C(=O)Nc1cccc(C(F)(F)F)c1)C1CCCCCC1. The van der Waals surface area contributed by atoms with Crippen LogP contribution in [0.2, 0.25) is 0 Å². The molecule has 2 rings (SSSR count). The molecule has 4 nitrogen and oxygen atoms in total. The maximum absolute atomic E-state index is 12.8. The molecule has 0 bridgehead atoms. The van der Waals surface area contributed by atoms with E-state index in [0.29, 0.717) is 0 Å². The van der Waals surface area contributed by atoms with E-state index in [4.69, 9.17) is 4.74 Å². The van der Waals surface area contributed by atoms with Gasteiger partial charge in [0.1, 0.15) is 5.92 Å². The van der Waals surface area contributed by atoms with Gasteiger partial charge in [0.15, 0.2) is 0 Å². The summed E-state index contributed by atoms with van der Waals surface area (Å²) < 4.78 is 43.2. The third-order valence-electron chi connectivity index (χ3n) is 4.57. The molecule has 1 atom stereocenters. The number of hydrogen-bond donors (Lipinski definition) is 1. The van der Waals surface area contributed by atoms with Crippen LogP contribution in [-0.4, -0.2) is 19.0 Å². The normalized spacial score (nSPS) is 17.4. The molecule has 7 heteroatoms. The molecule has 1 amide bonds. The highest BCUT2D eigenvalue weighted by Gasteiger charge is 2.36. The predicted octanol–water partition coefficient (Wildman–Crippen LogP) is 4.40. The van der Waals surface area contributed by atoms with E-state index in [1.54, 1.807) is 0 Å². The van der Waals surface area contributed by atoms with Gasteiger partial charge in [-0.2, -0.15) is 13.2 Å². The molecule has 1 aliphatic carbocycles. The van der Waals surface area contributed by atoms with Crippen LogP contribution >= 0.6 is 0 Å². The summed E-state index contributed by atoms with van der Waals surface area (Å²) in [5.74, 6) is -2.41. The Morgan fingerprint density at radius 1 is 1.16 bits per heavy atom. The Balaban J connectivity index is 2.18. The average Bonchev–Trinajstić information content (AvgIpc) is 2.83. The number of hydrogen-bond acceptors (Lipinski definition) is 3. The third-order valence-corrected chi connectivity index (χ3v) is 4.57. The Morgan fingerprint density at radius 3 is 2.36 bits per heavy atom. The van der Waals surface area contributed by atoms with Crippen molar-refractivity contribution in [3.8, 4) is 0 Å². The zero-order chi connectivity index (χ0) is 18.4. The topological polar surface area (TPSA) is 55.4 Å². The van der Waals surface area contributed by atoms with Gasteiger partial charge in [0.2, 0.25) is 5.91 Å². The van der Waals surface area contributed by atoms with Gasteiger partial charge in [-0.15, -0.1) is 0 Å². The number of benzene rings is 1. The Bertz CT molecular complexity index is 608. The number of esters is 1. The fraction of sp³-hybridized carbons (Fsp3) is 0.556. The molecule has 0 heterocycles. The lowest BCUT2D eigenvalue weighted by atomic mass is 9.85. The number of ether oxygens (including phenoxy) is 1. The second kappa shape index (κ2) is 8.36. The number of amides is 1. The number of nitrogens with one attached hydrogen (secondary N) is 1. The van der Waals surface area contributed by atoms with E-state index in [9.17, 15) is 22.8 Å². The maximum Gasteiger partial charge on any atom is 0.416 e. The molecule has 1 N–H and O–H groups in total. The van der Waals surface area contributed by atoms with Crippen LogP contribution in [0.4, 0.5) is 18.9 Å². The molecule has 138 valence electrons. The van der Waals surface area contributed by atoms with E-state index in [1.807, 2.05) is 0 Å². The van der Waals surface area contributed by atoms with Gasteiger partial charge in [-0.25, -0.2) is 0 Å². The van der Waals surface area contributed by atoms with Crippen LogP contribution in [0.3, 0.4) is 0 Å². The number of alkyl halides is 3. The number of carbonyl (C=O) groups excluding carboxylic acids is 2. The van der Waals surface area contributed by atoms with E-state index < -0.39 is 29.5 Å². The number of rotatable bonds is 4. The summed E-state index contributed by atoms with van der Waals surface area (Å²) in [4.78, 5) is 24.7. The lowest BCUT2D eigenvalue weighted by molar-refractivity contribution is -0.151. The van der Waals surface area contributed by atoms with Gasteiger partial charge >= 0.3 is 12.1 Å². The van der Waals surface area contributed by atoms with Crippen LogP contribution in [0.1, 0.15) is 44.1 Å². The standard InChI is InChI=1S/C18H22F3NO3/c1-25-17(24)15(12-7-4-2-3-5-8-12)16(23)22-14-10-6-9-13(11-14)18(19,20)21/h6,9-12,15H,2-5,7-8H2,1H3,(H,22,23). The summed E-state index contributed by atoms with van der Waals surface area (Å²) in [7, 11) is 1.21. The first-order chi connectivity index (χ1) is 11.8. The highest BCUT2D eigenvalue weighted by molar-refractivity contribution is 6.05. The van der Waals surface area contributed by atoms with Gasteiger partial charge in [-0.3, -0.25) is 9.59 Å². The van der Waals surface area contributed by atoms with Crippen molar-refractivity contribution < 1.29 is 27.5 Å². The van der Waals surface area contributed by atoms with Crippen molar-refractivity contribution in [1.29, 1.82) is 0 Å². The molecule has 1 aromatic rings. The molecule has 0 saturated heterocycles. The largest absolute Gasteiger partial charge is 0.468 e. The monoisotopic (exact) mass is 357 g/mol. The lowest BCUT2D eigenvalue weighted by Gasteiger charge is -2.23. The molecule has 0 spiro atoms. The van der Waals surface area contributed by atoms with Crippen molar-refractivity contribution in [1.82, 2.24) is 0 Å². The fourth-order valence-corrected chi connectivity index (χ4v) is 3.28. The number of carbonyl (C=O) groups is 2. The number of methoxy groups -OCH3 is 1. The molecule has 0 radical (unpaired) electrons. The molecule has 1 saturated carbocycles. The summed E-state index contributed by atoms with van der Waals surface area (Å²) in [5, 5.41) is 2.45. The maximum atomic E-state index is 12.8. The molecular weight excluding hydrogens is 335 g/mol. The van der Waals surface area contributed by atoms with Gasteiger partial charge in [-0.1, -0.05) is 31.7 Å². The van der Waals surface area contributed by atoms with Crippen LogP contribution in [0, 0.1) is 11.8 Å². The highest BCUT2D eigenvalue weighted by Crippen LogP contribution is 2.33. The molecular formula is C18H22F3NO3. The second-order valence-electron chi connectivity index (χ2n) is 6.32. The van der Waals surface area contributed by atoms with E-state index in [0.717, 1.165) is 50.7 Å². The Morgan fingerprint density at radius 2 is 1.80 bits per heavy atom. The van der Waals surface area contributed by atoms with Crippen molar-refractivity contribution >= 4 is 17.6 Å². The molecule has 0 aromatic heterocycles. The Hall–Kier alpha value is -2.05. The Labute approximate surface area is 144 Å². The van der Waals surface area contributed by atoms with Crippen molar-refractivity contribution in [2.75, 3.05) is 12.4 Å². The van der Waals surface area contributed by atoms with E-state index in [2.05, 4.69) is 5.32 Å². The van der Waals surface area contributed by atoms with Crippen molar-refractivity contribution in [2.24, 2.45) is 11.8 Å². The van der Waals surface area contributed by atoms with Crippen LogP contribution in [0.15, 0.2) is 24.3 Å².